The third-order valence-corrected chi connectivity index (χ3v) is 7.13. The van der Waals surface area contributed by atoms with Crippen LogP contribution in [0.2, 0.25) is 5.02 Å². The highest BCUT2D eigenvalue weighted by molar-refractivity contribution is 7.86. The van der Waals surface area contributed by atoms with E-state index in [9.17, 15) is 22.7 Å². The maximum absolute atomic E-state index is 13.3. The van der Waals surface area contributed by atoms with Gasteiger partial charge in [0, 0.05) is 19.6 Å². The molecular weight excluding hydrogens is 383 g/mol. The minimum atomic E-state index is -3.84. The van der Waals surface area contributed by atoms with Crippen LogP contribution in [0.1, 0.15) is 31.2 Å². The second kappa shape index (κ2) is 7.64. The maximum Gasteiger partial charge on any atom is 0.322 e. The van der Waals surface area contributed by atoms with Gasteiger partial charge in [-0.15, -0.1) is 0 Å². The molecule has 142 valence electrons. The van der Waals surface area contributed by atoms with Crippen molar-refractivity contribution in [1.29, 1.82) is 0 Å². The van der Waals surface area contributed by atoms with Gasteiger partial charge in [0.25, 0.3) is 10.2 Å². The van der Waals surface area contributed by atoms with Gasteiger partial charge in [0.15, 0.2) is 0 Å². The zero-order valence-corrected chi connectivity index (χ0v) is 15.6. The van der Waals surface area contributed by atoms with E-state index in [1.54, 1.807) is 12.1 Å². The number of hydrogen-bond acceptors (Lipinski definition) is 3. The number of carbonyl (C=O) groups is 1. The zero-order valence-electron chi connectivity index (χ0n) is 14.1. The second-order valence-electron chi connectivity index (χ2n) is 6.43. The lowest BCUT2D eigenvalue weighted by Gasteiger charge is -2.36. The Morgan fingerprint density at radius 2 is 2.04 bits per heavy atom. The Kier molecular flexibility index (Phi) is 5.67. The summed E-state index contributed by atoms with van der Waals surface area (Å²) in [5.41, 5.74) is 1.65. The molecule has 0 bridgehead atoms. The van der Waals surface area contributed by atoms with Crippen LogP contribution >= 0.6 is 11.6 Å². The molecule has 0 aliphatic carbocycles. The summed E-state index contributed by atoms with van der Waals surface area (Å²) in [6.45, 7) is 0.613. The summed E-state index contributed by atoms with van der Waals surface area (Å²) in [5.74, 6) is -1.61. The number of rotatable bonds is 4. The van der Waals surface area contributed by atoms with Crippen LogP contribution in [0.5, 0.6) is 0 Å². The standard InChI is InChI=1S/C17H20ClFN2O4S/c18-14-11-13(4-5-15(14)19)12-6-9-20(10-7-12)26(24,25)21-8-2-1-3-16(21)17(22)23/h4-6,11,16H,1-3,7-10H2,(H,22,23)/t16-/m1/s1. The van der Waals surface area contributed by atoms with Crippen molar-refractivity contribution in [3.05, 3.63) is 40.7 Å². The summed E-state index contributed by atoms with van der Waals surface area (Å²) >= 11 is 5.81. The largest absolute Gasteiger partial charge is 0.480 e. The van der Waals surface area contributed by atoms with E-state index in [-0.39, 0.29) is 24.7 Å². The second-order valence-corrected chi connectivity index (χ2v) is 8.72. The lowest BCUT2D eigenvalue weighted by molar-refractivity contribution is -0.142. The number of aliphatic carboxylic acids is 1. The monoisotopic (exact) mass is 402 g/mol. The molecule has 0 saturated carbocycles. The van der Waals surface area contributed by atoms with Gasteiger partial charge in [-0.25, -0.2) is 4.39 Å². The molecule has 2 aliphatic heterocycles. The summed E-state index contributed by atoms with van der Waals surface area (Å²) in [6.07, 6.45) is 3.92. The molecule has 1 aromatic carbocycles. The van der Waals surface area contributed by atoms with Crippen molar-refractivity contribution >= 4 is 33.4 Å². The molecule has 0 aromatic heterocycles. The van der Waals surface area contributed by atoms with Crippen molar-refractivity contribution < 1.29 is 22.7 Å². The maximum atomic E-state index is 13.3. The van der Waals surface area contributed by atoms with Gasteiger partial charge < -0.3 is 5.11 Å². The van der Waals surface area contributed by atoms with Crippen LogP contribution in [-0.2, 0) is 15.0 Å². The molecule has 6 nitrogen and oxygen atoms in total. The van der Waals surface area contributed by atoms with E-state index in [0.29, 0.717) is 25.7 Å². The number of piperidine rings is 1. The lowest BCUT2D eigenvalue weighted by atomic mass is 10.0. The molecule has 1 fully saturated rings. The quantitative estimate of drug-likeness (QED) is 0.840. The van der Waals surface area contributed by atoms with Crippen molar-refractivity contribution in [2.75, 3.05) is 19.6 Å². The highest BCUT2D eigenvalue weighted by Gasteiger charge is 2.40. The van der Waals surface area contributed by atoms with E-state index in [0.717, 1.165) is 15.4 Å². The number of hydrogen-bond donors (Lipinski definition) is 1. The fourth-order valence-electron chi connectivity index (χ4n) is 3.39. The van der Waals surface area contributed by atoms with Gasteiger partial charge in [0.1, 0.15) is 11.9 Å². The fraction of sp³-hybridized carbons (Fsp3) is 0.471. The Hall–Kier alpha value is -1.48. The highest BCUT2D eigenvalue weighted by Crippen LogP contribution is 2.29. The lowest BCUT2D eigenvalue weighted by Crippen LogP contribution is -2.54. The van der Waals surface area contributed by atoms with Gasteiger partial charge in [-0.05, 0) is 49.0 Å². The Morgan fingerprint density at radius 1 is 1.27 bits per heavy atom. The third kappa shape index (κ3) is 3.78. The van der Waals surface area contributed by atoms with E-state index < -0.39 is 28.0 Å². The first-order chi connectivity index (χ1) is 12.3. The van der Waals surface area contributed by atoms with Crippen molar-refractivity contribution in [2.24, 2.45) is 0 Å². The molecule has 2 heterocycles. The van der Waals surface area contributed by atoms with Gasteiger partial charge in [0.05, 0.1) is 5.02 Å². The average Bonchev–Trinajstić information content (AvgIpc) is 2.64. The number of nitrogens with zero attached hydrogens (tertiary/aromatic N) is 2. The fourth-order valence-corrected chi connectivity index (χ4v) is 5.33. The van der Waals surface area contributed by atoms with Crippen LogP contribution in [0.15, 0.2) is 24.3 Å². The molecule has 1 saturated heterocycles. The van der Waals surface area contributed by atoms with Crippen molar-refractivity contribution in [1.82, 2.24) is 8.61 Å². The van der Waals surface area contributed by atoms with E-state index in [1.807, 2.05) is 0 Å². The van der Waals surface area contributed by atoms with Crippen LogP contribution in [0.3, 0.4) is 0 Å². The zero-order chi connectivity index (χ0) is 18.9. The minimum Gasteiger partial charge on any atom is -0.480 e. The van der Waals surface area contributed by atoms with Crippen LogP contribution in [0.4, 0.5) is 4.39 Å². The molecule has 1 aromatic rings. The summed E-state index contributed by atoms with van der Waals surface area (Å²) in [4.78, 5) is 11.4. The molecule has 9 heteroatoms. The molecule has 0 amide bonds. The first-order valence-electron chi connectivity index (χ1n) is 8.45. The van der Waals surface area contributed by atoms with E-state index in [2.05, 4.69) is 0 Å². The van der Waals surface area contributed by atoms with Crippen molar-refractivity contribution in [3.63, 3.8) is 0 Å². The average molecular weight is 403 g/mol. The molecule has 1 atom stereocenters. The van der Waals surface area contributed by atoms with E-state index in [1.165, 1.54) is 16.4 Å². The van der Waals surface area contributed by atoms with Crippen LogP contribution in [-0.4, -0.2) is 53.8 Å². The van der Waals surface area contributed by atoms with Gasteiger partial charge in [-0.1, -0.05) is 23.7 Å². The molecule has 0 unspecified atom stereocenters. The van der Waals surface area contributed by atoms with Gasteiger partial charge in [-0.3, -0.25) is 4.79 Å². The predicted octanol–water partition coefficient (Wildman–Crippen LogP) is 2.75. The summed E-state index contributed by atoms with van der Waals surface area (Å²) < 4.78 is 41.5. The smallest absolute Gasteiger partial charge is 0.322 e. The molecule has 1 N–H and O–H groups in total. The van der Waals surface area contributed by atoms with Crippen LogP contribution < -0.4 is 0 Å². The SMILES string of the molecule is O=C(O)[C@H]1CCCCN1S(=O)(=O)N1CC=C(c2ccc(F)c(Cl)c2)CC1. The highest BCUT2D eigenvalue weighted by atomic mass is 35.5. The van der Waals surface area contributed by atoms with Crippen LogP contribution in [0, 0.1) is 5.82 Å². The molecule has 0 radical (unpaired) electrons. The number of carboxylic acid groups (broad SMARTS) is 1. The Labute approximate surface area is 157 Å². The van der Waals surface area contributed by atoms with E-state index in [4.69, 9.17) is 11.6 Å². The van der Waals surface area contributed by atoms with E-state index >= 15 is 0 Å². The van der Waals surface area contributed by atoms with Gasteiger partial charge in [0.2, 0.25) is 0 Å². The van der Waals surface area contributed by atoms with Gasteiger partial charge in [-0.2, -0.15) is 17.0 Å². The molecule has 0 spiro atoms. The summed E-state index contributed by atoms with van der Waals surface area (Å²) in [5, 5.41) is 9.35. The third-order valence-electron chi connectivity index (χ3n) is 4.82. The molecular formula is C17H20ClFN2O4S. The topological polar surface area (TPSA) is 77.9 Å². The van der Waals surface area contributed by atoms with Gasteiger partial charge >= 0.3 is 5.97 Å². The summed E-state index contributed by atoms with van der Waals surface area (Å²) in [7, 11) is -3.84. The molecule has 3 rings (SSSR count). The summed E-state index contributed by atoms with van der Waals surface area (Å²) in [6, 6.07) is 3.42. The Morgan fingerprint density at radius 3 is 2.65 bits per heavy atom. The first-order valence-corrected chi connectivity index (χ1v) is 10.2. The van der Waals surface area contributed by atoms with Crippen LogP contribution in [0.25, 0.3) is 5.57 Å². The van der Waals surface area contributed by atoms with Crippen molar-refractivity contribution in [2.45, 2.75) is 31.7 Å². The predicted molar refractivity (Wildman–Crippen MR) is 96.5 cm³/mol. The molecule has 26 heavy (non-hydrogen) atoms. The Bertz CT molecular complexity index is 843. The minimum absolute atomic E-state index is 0.0241. The number of carboxylic acids is 1. The van der Waals surface area contributed by atoms with Crippen molar-refractivity contribution in [3.8, 4) is 0 Å². The number of benzene rings is 1. The first kappa shape index (κ1) is 19.3. The number of halogens is 2. The normalized spacial score (nSPS) is 22.8. The molecule has 2 aliphatic rings. The Balaban J connectivity index is 1.78.